The van der Waals surface area contributed by atoms with E-state index in [-0.39, 0.29) is 55.8 Å². The number of rotatable bonds is 15. The molecule has 48 heavy (non-hydrogen) atoms. The summed E-state index contributed by atoms with van der Waals surface area (Å²) >= 11 is 0. The van der Waals surface area contributed by atoms with E-state index in [0.717, 1.165) is 18.9 Å². The van der Waals surface area contributed by atoms with Crippen molar-refractivity contribution in [1.82, 2.24) is 45.9 Å². The minimum Gasteiger partial charge on any atom is -0.395 e. The molecule has 3 aromatic rings. The predicted octanol–water partition coefficient (Wildman–Crippen LogP) is -4.01. The van der Waals surface area contributed by atoms with E-state index in [4.69, 9.17) is 9.84 Å². The zero-order valence-electron chi connectivity index (χ0n) is 26.5. The van der Waals surface area contributed by atoms with Gasteiger partial charge in [-0.25, -0.2) is 14.4 Å². The molecule has 264 valence electrons. The minimum absolute atomic E-state index is 0.0131. The summed E-state index contributed by atoms with van der Waals surface area (Å²) in [6.07, 6.45) is 1.47. The molecule has 0 unspecified atom stereocenters. The summed E-state index contributed by atoms with van der Waals surface area (Å²) in [6, 6.07) is 3.54. The Bertz CT molecular complexity index is 1630. The maximum atomic E-state index is 11.5. The van der Waals surface area contributed by atoms with Crippen LogP contribution >= 0.6 is 0 Å². The minimum atomic E-state index is -0.646. The fraction of sp³-hybridized carbons (Fsp3) is 0.464. The van der Waals surface area contributed by atoms with Gasteiger partial charge in [-0.1, -0.05) is 6.92 Å². The number of aromatic nitrogens is 6. The van der Waals surface area contributed by atoms with Crippen LogP contribution in [0.25, 0.3) is 0 Å². The zero-order chi connectivity index (χ0) is 35.9. The van der Waals surface area contributed by atoms with Crippen LogP contribution in [0.2, 0.25) is 0 Å². The van der Waals surface area contributed by atoms with E-state index >= 15 is 0 Å². The molecule has 0 spiro atoms. The Balaban J connectivity index is 0.000000362. The maximum absolute atomic E-state index is 11.5. The van der Waals surface area contributed by atoms with E-state index in [0.29, 0.717) is 37.7 Å². The van der Waals surface area contributed by atoms with Crippen LogP contribution in [0.4, 0.5) is 0 Å². The molecule has 10 N–H and O–H groups in total. The van der Waals surface area contributed by atoms with Gasteiger partial charge in [0.05, 0.1) is 25.9 Å². The van der Waals surface area contributed by atoms with Crippen molar-refractivity contribution in [3.05, 3.63) is 97.8 Å². The Morgan fingerprint density at radius 2 is 0.979 bits per heavy atom. The van der Waals surface area contributed by atoms with Crippen molar-refractivity contribution >= 4 is 17.7 Å². The second-order valence-electron chi connectivity index (χ2n) is 9.69. The van der Waals surface area contributed by atoms with Crippen LogP contribution in [0.3, 0.4) is 0 Å². The van der Waals surface area contributed by atoms with E-state index in [2.05, 4.69) is 30.9 Å². The topological polar surface area (TPSA) is 314 Å². The number of hydrogen-bond donors (Lipinski definition) is 10. The number of hydrogen-bond acceptors (Lipinski definition) is 11. The van der Waals surface area contributed by atoms with Crippen molar-refractivity contribution in [2.24, 2.45) is 0 Å². The lowest BCUT2D eigenvalue weighted by Gasteiger charge is -2.05. The van der Waals surface area contributed by atoms with Crippen molar-refractivity contribution in [1.29, 1.82) is 0 Å². The summed E-state index contributed by atoms with van der Waals surface area (Å²) in [5.74, 6) is -0.823. The third-order valence-electron chi connectivity index (χ3n) is 5.50. The van der Waals surface area contributed by atoms with Crippen molar-refractivity contribution in [2.75, 3.05) is 39.5 Å². The monoisotopic (exact) mass is 679 g/mol. The number of H-pyrrole nitrogens is 6. The molecule has 0 saturated carbocycles. The molecule has 0 aromatic carbocycles. The first-order valence-corrected chi connectivity index (χ1v) is 14.8. The summed E-state index contributed by atoms with van der Waals surface area (Å²) in [5.41, 5.74) is -2.57. The van der Waals surface area contributed by atoms with Gasteiger partial charge in [-0.05, 0) is 19.8 Å². The van der Waals surface area contributed by atoms with E-state index in [1.807, 2.05) is 28.8 Å². The molecule has 0 bridgehead atoms. The quantitative estimate of drug-likeness (QED) is 0.0690. The first-order chi connectivity index (χ1) is 22.8. The summed E-state index contributed by atoms with van der Waals surface area (Å²) in [7, 11) is 0. The molecular formula is C28H41N9O11. The van der Waals surface area contributed by atoms with Crippen LogP contribution in [0.5, 0.6) is 0 Å². The van der Waals surface area contributed by atoms with E-state index in [9.17, 15) is 43.2 Å². The standard InChI is InChI=1S/C11H17N3O4.C9H13N3O3.C8H11N3O4/c1-2-18-5-3-4-12-9(15)6-8-7-10(16)14-11(17)13-8;1-2-3-10-7(13)4-6-5-8(14)12-9(15)11-6;12-2-1-9-6(13)3-5-4-7(14)11-8(15)10-5/h7H,2-6H2,1H3,(H,12,15)(H2,13,14,16,17);5H,2-4H2,1H3,(H,10,13)(H2,11,12,14,15);4,12H,1-3H2,(H,9,13)(H2,10,11,14,15). The number of amides is 3. The van der Waals surface area contributed by atoms with Crippen LogP contribution < -0.4 is 49.7 Å². The average molecular weight is 680 g/mol. The third-order valence-corrected chi connectivity index (χ3v) is 5.50. The van der Waals surface area contributed by atoms with Gasteiger partial charge in [0.1, 0.15) is 0 Å². The van der Waals surface area contributed by atoms with Gasteiger partial charge >= 0.3 is 17.1 Å². The molecule has 0 aliphatic carbocycles. The van der Waals surface area contributed by atoms with E-state index in [1.165, 1.54) is 12.1 Å². The second-order valence-corrected chi connectivity index (χ2v) is 9.69. The van der Waals surface area contributed by atoms with Crippen LogP contribution in [-0.4, -0.2) is 92.2 Å². The molecule has 3 heterocycles. The summed E-state index contributed by atoms with van der Waals surface area (Å²) in [4.78, 5) is 112. The molecule has 0 aliphatic heterocycles. The fourth-order valence-corrected chi connectivity index (χ4v) is 3.56. The zero-order valence-corrected chi connectivity index (χ0v) is 26.5. The van der Waals surface area contributed by atoms with Crippen LogP contribution in [0.15, 0.2) is 47.0 Å². The number of ether oxygens (including phenoxy) is 1. The second kappa shape index (κ2) is 22.8. The first kappa shape index (κ1) is 40.4. The number of aromatic amines is 6. The highest BCUT2D eigenvalue weighted by atomic mass is 16.5. The molecule has 0 fully saturated rings. The van der Waals surface area contributed by atoms with E-state index < -0.39 is 33.7 Å². The van der Waals surface area contributed by atoms with Gasteiger partial charge in [0.2, 0.25) is 17.7 Å². The number of aliphatic hydroxyl groups is 1. The highest BCUT2D eigenvalue weighted by molar-refractivity contribution is 5.78. The molecule has 20 nitrogen and oxygen atoms in total. The molecule has 0 aliphatic rings. The Hall–Kier alpha value is -5.63. The lowest BCUT2D eigenvalue weighted by atomic mass is 10.3. The highest BCUT2D eigenvalue weighted by Crippen LogP contribution is 1.90. The van der Waals surface area contributed by atoms with Gasteiger partial charge in [-0.3, -0.25) is 43.7 Å². The van der Waals surface area contributed by atoms with Crippen molar-refractivity contribution in [3.8, 4) is 0 Å². The molecule has 0 saturated heterocycles. The van der Waals surface area contributed by atoms with Gasteiger partial charge in [-0.15, -0.1) is 0 Å². The SMILES string of the molecule is CCCNC(=O)Cc1cc(=O)[nH]c(=O)[nH]1.CCOCCCNC(=O)Cc1cc(=O)[nH]c(=O)[nH]1.O=C(Cc1cc(=O)[nH]c(=O)[nH]1)NCCO. The lowest BCUT2D eigenvalue weighted by Crippen LogP contribution is -2.30. The Morgan fingerprint density at radius 1 is 0.604 bits per heavy atom. The van der Waals surface area contributed by atoms with E-state index in [1.54, 1.807) is 0 Å². The van der Waals surface area contributed by atoms with Gasteiger partial charge in [-0.2, -0.15) is 0 Å². The Morgan fingerprint density at radius 3 is 1.31 bits per heavy atom. The fourth-order valence-electron chi connectivity index (χ4n) is 3.56. The van der Waals surface area contributed by atoms with Crippen molar-refractivity contribution in [3.63, 3.8) is 0 Å². The first-order valence-electron chi connectivity index (χ1n) is 14.8. The van der Waals surface area contributed by atoms with Crippen molar-refractivity contribution in [2.45, 2.75) is 46.0 Å². The number of nitrogens with one attached hydrogen (secondary N) is 9. The normalized spacial score (nSPS) is 10.1. The number of carbonyl (C=O) groups excluding carboxylic acids is 3. The largest absolute Gasteiger partial charge is 0.395 e. The molecule has 20 heteroatoms. The molecule has 3 amide bonds. The Kier molecular flexibility index (Phi) is 19.2. The predicted molar refractivity (Wildman–Crippen MR) is 172 cm³/mol. The molecule has 3 aromatic heterocycles. The third kappa shape index (κ3) is 19.0. The van der Waals surface area contributed by atoms with Gasteiger partial charge in [0.15, 0.2) is 0 Å². The highest BCUT2D eigenvalue weighted by Gasteiger charge is 2.06. The Labute approximate surface area is 271 Å². The number of aliphatic hydroxyl groups excluding tert-OH is 1. The molecule has 0 atom stereocenters. The summed E-state index contributed by atoms with van der Waals surface area (Å²) in [5, 5.41) is 16.2. The van der Waals surface area contributed by atoms with Crippen LogP contribution in [-0.2, 0) is 38.4 Å². The van der Waals surface area contributed by atoms with Gasteiger partial charge < -0.3 is 40.7 Å². The van der Waals surface area contributed by atoms with Crippen LogP contribution in [0, 0.1) is 0 Å². The molecule has 3 rings (SSSR count). The van der Waals surface area contributed by atoms with Crippen LogP contribution in [0.1, 0.15) is 43.8 Å². The lowest BCUT2D eigenvalue weighted by molar-refractivity contribution is -0.121. The summed E-state index contributed by atoms with van der Waals surface area (Å²) in [6.45, 7) is 6.18. The number of carbonyl (C=O) groups is 3. The smallest absolute Gasteiger partial charge is 0.325 e. The maximum Gasteiger partial charge on any atom is 0.325 e. The van der Waals surface area contributed by atoms with Gasteiger partial charge in [0, 0.05) is 68.1 Å². The van der Waals surface area contributed by atoms with Crippen molar-refractivity contribution < 1.29 is 24.2 Å². The van der Waals surface area contributed by atoms with Gasteiger partial charge in [0.25, 0.3) is 16.7 Å². The summed E-state index contributed by atoms with van der Waals surface area (Å²) < 4.78 is 5.12. The molecular weight excluding hydrogens is 638 g/mol. The average Bonchev–Trinajstić information content (AvgIpc) is 2.98. The molecule has 0 radical (unpaired) electrons.